The van der Waals surface area contributed by atoms with Crippen LogP contribution in [0.3, 0.4) is 0 Å². The van der Waals surface area contributed by atoms with Gasteiger partial charge in [-0.05, 0) is 31.6 Å². The van der Waals surface area contributed by atoms with Gasteiger partial charge in [0.05, 0.1) is 5.60 Å². The molecule has 0 saturated heterocycles. The zero-order valence-corrected chi connectivity index (χ0v) is 9.18. The summed E-state index contributed by atoms with van der Waals surface area (Å²) in [6, 6.07) is 0. The number of rotatable bonds is 3. The number of hydrogen-bond donors (Lipinski definition) is 2. The average Bonchev–Trinajstić information content (AvgIpc) is 2.16. The van der Waals surface area contributed by atoms with Crippen molar-refractivity contribution in [1.82, 2.24) is 5.32 Å². The van der Waals surface area contributed by atoms with Crippen LogP contribution in [-0.4, -0.2) is 23.2 Å². The van der Waals surface area contributed by atoms with Crippen LogP contribution in [0.2, 0.25) is 0 Å². The molecule has 0 aromatic rings. The molecule has 1 aliphatic carbocycles. The fourth-order valence-electron chi connectivity index (χ4n) is 2.09. The van der Waals surface area contributed by atoms with Crippen molar-refractivity contribution in [3.05, 3.63) is 0 Å². The van der Waals surface area contributed by atoms with E-state index in [-0.39, 0.29) is 5.91 Å². The van der Waals surface area contributed by atoms with Crippen LogP contribution < -0.4 is 5.32 Å². The van der Waals surface area contributed by atoms with Crippen LogP contribution in [-0.2, 0) is 4.79 Å². The zero-order chi connectivity index (χ0) is 10.6. The maximum Gasteiger partial charge on any atom is 0.216 e. The Kier molecular flexibility index (Phi) is 3.93. The van der Waals surface area contributed by atoms with Gasteiger partial charge in [-0.3, -0.25) is 4.79 Å². The van der Waals surface area contributed by atoms with E-state index in [1.165, 1.54) is 13.3 Å². The quantitative estimate of drug-likeness (QED) is 0.723. The van der Waals surface area contributed by atoms with E-state index in [4.69, 9.17) is 0 Å². The molecular formula is C11H21NO2. The van der Waals surface area contributed by atoms with Crippen LogP contribution in [0, 0.1) is 5.92 Å². The molecule has 1 saturated carbocycles. The molecule has 0 atom stereocenters. The van der Waals surface area contributed by atoms with Gasteiger partial charge < -0.3 is 10.4 Å². The summed E-state index contributed by atoms with van der Waals surface area (Å²) in [7, 11) is 0. The number of carbonyl (C=O) groups is 1. The third-order valence-corrected chi connectivity index (χ3v) is 3.28. The van der Waals surface area contributed by atoms with Gasteiger partial charge in [-0.25, -0.2) is 0 Å². The number of nitrogens with one attached hydrogen (secondary N) is 1. The highest BCUT2D eigenvalue weighted by Crippen LogP contribution is 2.33. The van der Waals surface area contributed by atoms with Crippen molar-refractivity contribution < 1.29 is 9.90 Å². The standard InChI is InChI=1S/C11H21NO2/c1-3-10-4-6-11(14,7-5-10)8-12-9(2)13/h10,14H,3-8H2,1-2H3,(H,12,13). The summed E-state index contributed by atoms with van der Waals surface area (Å²) in [5.74, 6) is 0.712. The van der Waals surface area contributed by atoms with Crippen LogP contribution in [0.25, 0.3) is 0 Å². The lowest BCUT2D eigenvalue weighted by molar-refractivity contribution is -0.120. The molecule has 0 aliphatic heterocycles. The minimum Gasteiger partial charge on any atom is -0.388 e. The largest absolute Gasteiger partial charge is 0.388 e. The molecule has 1 amide bonds. The predicted octanol–water partition coefficient (Wildman–Crippen LogP) is 1.45. The minimum atomic E-state index is -0.642. The molecule has 0 radical (unpaired) electrons. The van der Waals surface area contributed by atoms with Crippen molar-refractivity contribution in [2.45, 2.75) is 51.6 Å². The lowest BCUT2D eigenvalue weighted by atomic mass is 9.78. The van der Waals surface area contributed by atoms with E-state index in [1.54, 1.807) is 0 Å². The first kappa shape index (κ1) is 11.5. The third-order valence-electron chi connectivity index (χ3n) is 3.28. The zero-order valence-electron chi connectivity index (χ0n) is 9.18. The monoisotopic (exact) mass is 199 g/mol. The second-order valence-electron chi connectivity index (χ2n) is 4.49. The van der Waals surface area contributed by atoms with Crippen LogP contribution in [0.15, 0.2) is 0 Å². The van der Waals surface area contributed by atoms with Crippen LogP contribution >= 0.6 is 0 Å². The van der Waals surface area contributed by atoms with Crippen LogP contribution in [0.5, 0.6) is 0 Å². The molecule has 0 spiro atoms. The predicted molar refractivity (Wildman–Crippen MR) is 55.9 cm³/mol. The fraction of sp³-hybridized carbons (Fsp3) is 0.909. The Hall–Kier alpha value is -0.570. The Morgan fingerprint density at radius 1 is 1.50 bits per heavy atom. The van der Waals surface area contributed by atoms with Gasteiger partial charge in [0.15, 0.2) is 0 Å². The molecule has 0 bridgehead atoms. The van der Waals surface area contributed by atoms with E-state index in [0.29, 0.717) is 6.54 Å². The van der Waals surface area contributed by atoms with E-state index in [1.807, 2.05) is 0 Å². The van der Waals surface area contributed by atoms with Crippen LogP contribution in [0.4, 0.5) is 0 Å². The minimum absolute atomic E-state index is 0.0592. The van der Waals surface area contributed by atoms with Crippen molar-refractivity contribution >= 4 is 5.91 Å². The highest BCUT2D eigenvalue weighted by atomic mass is 16.3. The highest BCUT2D eigenvalue weighted by Gasteiger charge is 2.32. The number of amides is 1. The number of aliphatic hydroxyl groups is 1. The molecule has 1 aliphatic rings. The van der Waals surface area contributed by atoms with Gasteiger partial charge in [0.25, 0.3) is 0 Å². The van der Waals surface area contributed by atoms with Gasteiger partial charge in [-0.15, -0.1) is 0 Å². The van der Waals surface area contributed by atoms with Gasteiger partial charge in [0.2, 0.25) is 5.91 Å². The Labute approximate surface area is 85.9 Å². The normalized spacial score (nSPS) is 32.6. The van der Waals surface area contributed by atoms with E-state index >= 15 is 0 Å². The molecule has 3 heteroatoms. The molecule has 0 unspecified atom stereocenters. The van der Waals surface area contributed by atoms with E-state index < -0.39 is 5.60 Å². The van der Waals surface area contributed by atoms with Gasteiger partial charge in [-0.2, -0.15) is 0 Å². The molecule has 3 nitrogen and oxygen atoms in total. The van der Waals surface area contributed by atoms with Gasteiger partial charge in [0.1, 0.15) is 0 Å². The molecular weight excluding hydrogens is 178 g/mol. The van der Waals surface area contributed by atoms with E-state index in [0.717, 1.165) is 31.6 Å². The van der Waals surface area contributed by atoms with E-state index in [9.17, 15) is 9.90 Å². The van der Waals surface area contributed by atoms with Crippen LogP contribution in [0.1, 0.15) is 46.0 Å². The fourth-order valence-corrected chi connectivity index (χ4v) is 2.09. The second-order valence-corrected chi connectivity index (χ2v) is 4.49. The topological polar surface area (TPSA) is 49.3 Å². The molecule has 0 heterocycles. The molecule has 1 fully saturated rings. The summed E-state index contributed by atoms with van der Waals surface area (Å²) in [6.07, 6.45) is 5.03. The first-order chi connectivity index (χ1) is 6.56. The van der Waals surface area contributed by atoms with Gasteiger partial charge in [0, 0.05) is 13.5 Å². The van der Waals surface area contributed by atoms with E-state index in [2.05, 4.69) is 12.2 Å². The molecule has 2 N–H and O–H groups in total. The Balaban J connectivity index is 2.33. The molecule has 0 aromatic carbocycles. The van der Waals surface area contributed by atoms with Crippen molar-refractivity contribution in [2.24, 2.45) is 5.92 Å². The first-order valence-electron chi connectivity index (χ1n) is 5.52. The number of hydrogen-bond acceptors (Lipinski definition) is 2. The average molecular weight is 199 g/mol. The highest BCUT2D eigenvalue weighted by molar-refractivity contribution is 5.72. The lowest BCUT2D eigenvalue weighted by Gasteiger charge is -2.35. The smallest absolute Gasteiger partial charge is 0.216 e. The summed E-state index contributed by atoms with van der Waals surface area (Å²) >= 11 is 0. The van der Waals surface area contributed by atoms with Crippen molar-refractivity contribution in [1.29, 1.82) is 0 Å². The van der Waals surface area contributed by atoms with Gasteiger partial charge >= 0.3 is 0 Å². The second kappa shape index (κ2) is 4.78. The maximum atomic E-state index is 10.7. The maximum absolute atomic E-state index is 10.7. The molecule has 82 valence electrons. The summed E-state index contributed by atoms with van der Waals surface area (Å²) in [5, 5.41) is 12.8. The third kappa shape index (κ3) is 3.29. The molecule has 1 rings (SSSR count). The number of carbonyl (C=O) groups excluding carboxylic acids is 1. The lowest BCUT2D eigenvalue weighted by Crippen LogP contribution is -2.44. The molecule has 0 aromatic heterocycles. The summed E-state index contributed by atoms with van der Waals surface area (Å²) in [4.78, 5) is 10.7. The SMILES string of the molecule is CCC1CCC(O)(CNC(C)=O)CC1. The van der Waals surface area contributed by atoms with Crippen molar-refractivity contribution in [2.75, 3.05) is 6.54 Å². The van der Waals surface area contributed by atoms with Crippen molar-refractivity contribution in [3.8, 4) is 0 Å². The van der Waals surface area contributed by atoms with Crippen molar-refractivity contribution in [3.63, 3.8) is 0 Å². The summed E-state index contributed by atoms with van der Waals surface area (Å²) < 4.78 is 0. The Morgan fingerprint density at radius 2 is 2.07 bits per heavy atom. The Morgan fingerprint density at radius 3 is 2.50 bits per heavy atom. The Bertz CT molecular complexity index is 195. The summed E-state index contributed by atoms with van der Waals surface area (Å²) in [5.41, 5.74) is -0.642. The van der Waals surface area contributed by atoms with Gasteiger partial charge in [-0.1, -0.05) is 13.3 Å². The molecule has 14 heavy (non-hydrogen) atoms. The first-order valence-corrected chi connectivity index (χ1v) is 5.52. The summed E-state index contributed by atoms with van der Waals surface area (Å²) in [6.45, 7) is 4.10.